The van der Waals surface area contributed by atoms with E-state index in [4.69, 9.17) is 4.74 Å². The van der Waals surface area contributed by atoms with E-state index in [9.17, 15) is 4.79 Å². The number of carbonyl (C=O) groups is 1. The Labute approximate surface area is 240 Å². The van der Waals surface area contributed by atoms with Gasteiger partial charge in [-0.15, -0.1) is 0 Å². The smallest absolute Gasteiger partial charge is 0.196 e. The van der Waals surface area contributed by atoms with Crippen LogP contribution in [0.15, 0.2) is 54.6 Å². The van der Waals surface area contributed by atoms with Gasteiger partial charge in [0.2, 0.25) is 0 Å². The lowest BCUT2D eigenvalue weighted by molar-refractivity contribution is 0.103. The molecule has 0 aliphatic rings. The summed E-state index contributed by atoms with van der Waals surface area (Å²) in [5.41, 5.74) is 1.36. The second-order valence-corrected chi connectivity index (χ2v) is 11.7. The van der Waals surface area contributed by atoms with Gasteiger partial charge < -0.3 is 9.64 Å². The normalized spacial score (nSPS) is 12.1. The van der Waals surface area contributed by atoms with Gasteiger partial charge in [0.1, 0.15) is 5.75 Å². The van der Waals surface area contributed by atoms with Gasteiger partial charge in [0.15, 0.2) is 5.78 Å². The van der Waals surface area contributed by atoms with Crippen LogP contribution < -0.4 is 4.74 Å². The fourth-order valence-electron chi connectivity index (χ4n) is 5.54. The van der Waals surface area contributed by atoms with Crippen molar-refractivity contribution in [1.82, 2.24) is 4.90 Å². The van der Waals surface area contributed by atoms with Crippen LogP contribution in [0.1, 0.15) is 132 Å². The number of nitrogens with zero attached hydrogens (tertiary/aromatic N) is 1. The number of para-hydroxylation sites is 1. The zero-order chi connectivity index (χ0) is 28.0. The van der Waals surface area contributed by atoms with Gasteiger partial charge in [-0.05, 0) is 51.5 Å². The molecule has 0 heterocycles. The van der Waals surface area contributed by atoms with E-state index in [0.29, 0.717) is 23.5 Å². The van der Waals surface area contributed by atoms with Crippen LogP contribution in [0.2, 0.25) is 0 Å². The molecule has 0 spiro atoms. The van der Waals surface area contributed by atoms with Crippen molar-refractivity contribution in [2.75, 3.05) is 27.2 Å². The zero-order valence-electron chi connectivity index (χ0n) is 25.5. The van der Waals surface area contributed by atoms with Gasteiger partial charge in [-0.2, -0.15) is 0 Å². The first-order valence-electron chi connectivity index (χ1n) is 16.1. The third-order valence-electron chi connectivity index (χ3n) is 7.85. The molecule has 0 amide bonds. The molecule has 0 saturated heterocycles. The molecular formula is C36H57NO2. The Morgan fingerprint density at radius 3 is 1.82 bits per heavy atom. The van der Waals surface area contributed by atoms with Crippen molar-refractivity contribution in [2.45, 2.75) is 116 Å². The summed E-state index contributed by atoms with van der Waals surface area (Å²) in [5.74, 6) is 1.66. The second-order valence-electron chi connectivity index (χ2n) is 11.7. The van der Waals surface area contributed by atoms with E-state index in [1.807, 2.05) is 54.6 Å². The summed E-state index contributed by atoms with van der Waals surface area (Å²) in [4.78, 5) is 15.2. The summed E-state index contributed by atoms with van der Waals surface area (Å²) < 4.78 is 6.04. The van der Waals surface area contributed by atoms with Crippen molar-refractivity contribution < 1.29 is 9.53 Å². The van der Waals surface area contributed by atoms with E-state index in [0.717, 1.165) is 12.3 Å². The highest BCUT2D eigenvalue weighted by molar-refractivity contribution is 6.10. The third kappa shape index (κ3) is 15.3. The molecule has 2 aromatic carbocycles. The minimum absolute atomic E-state index is 0.0268. The molecule has 2 rings (SSSR count). The first kappa shape index (κ1) is 33.1. The summed E-state index contributed by atoms with van der Waals surface area (Å²) in [6.45, 7) is 4.25. The van der Waals surface area contributed by atoms with Gasteiger partial charge in [0.25, 0.3) is 0 Å². The first-order chi connectivity index (χ1) is 19.1. The fourth-order valence-corrected chi connectivity index (χ4v) is 5.54. The Hall–Kier alpha value is -2.13. The lowest BCUT2D eigenvalue weighted by atomic mass is 9.90. The predicted molar refractivity (Wildman–Crippen MR) is 168 cm³/mol. The summed E-state index contributed by atoms with van der Waals surface area (Å²) in [6, 6.07) is 17.1. The van der Waals surface area contributed by atoms with Crippen LogP contribution in [0.5, 0.6) is 5.75 Å². The van der Waals surface area contributed by atoms with Crippen molar-refractivity contribution in [3.63, 3.8) is 0 Å². The van der Waals surface area contributed by atoms with Gasteiger partial charge in [-0.3, -0.25) is 4.79 Å². The topological polar surface area (TPSA) is 29.5 Å². The van der Waals surface area contributed by atoms with Crippen LogP contribution in [0.4, 0.5) is 0 Å². The first-order valence-corrected chi connectivity index (χ1v) is 16.1. The maximum Gasteiger partial charge on any atom is 0.196 e. The van der Waals surface area contributed by atoms with Crippen molar-refractivity contribution in [3.8, 4) is 5.75 Å². The lowest BCUT2D eigenvalue weighted by Gasteiger charge is -2.16. The van der Waals surface area contributed by atoms with Crippen LogP contribution >= 0.6 is 0 Å². The van der Waals surface area contributed by atoms with E-state index in [1.165, 1.54) is 109 Å². The van der Waals surface area contributed by atoms with E-state index >= 15 is 0 Å². The fraction of sp³-hybridized carbons (Fsp3) is 0.639. The van der Waals surface area contributed by atoms with Crippen LogP contribution in [0.25, 0.3) is 0 Å². The van der Waals surface area contributed by atoms with Crippen LogP contribution in [-0.2, 0) is 0 Å². The lowest BCUT2D eigenvalue weighted by Crippen LogP contribution is -2.12. The molecule has 0 saturated carbocycles. The van der Waals surface area contributed by atoms with Crippen LogP contribution in [0, 0.1) is 5.92 Å². The Balaban J connectivity index is 1.50. The highest BCUT2D eigenvalue weighted by Crippen LogP contribution is 2.24. The van der Waals surface area contributed by atoms with Crippen molar-refractivity contribution in [3.05, 3.63) is 65.7 Å². The molecule has 0 fully saturated rings. The quantitative estimate of drug-likeness (QED) is 0.0989. The molecule has 3 heteroatoms. The molecule has 0 radical (unpaired) electrons. The highest BCUT2D eigenvalue weighted by atomic mass is 16.5. The molecule has 1 atom stereocenters. The maximum absolute atomic E-state index is 12.9. The second kappa shape index (κ2) is 21.7. The molecule has 0 bridgehead atoms. The SMILES string of the molecule is CCCC(CCCCCCCCCCN(C)C)CCCCCCCOc1ccccc1C(=O)c1ccccc1. The minimum atomic E-state index is 0.0268. The Bertz CT molecular complexity index is 863. The van der Waals surface area contributed by atoms with Crippen LogP contribution in [-0.4, -0.2) is 37.9 Å². The summed E-state index contributed by atoms with van der Waals surface area (Å²) >= 11 is 0. The number of carbonyl (C=O) groups excluding carboxylic acids is 1. The predicted octanol–water partition coefficient (Wildman–Crippen LogP) is 10.1. The number of hydrogen-bond donors (Lipinski definition) is 0. The number of ketones is 1. The van der Waals surface area contributed by atoms with Gasteiger partial charge in [0, 0.05) is 5.56 Å². The summed E-state index contributed by atoms with van der Waals surface area (Å²) in [5, 5.41) is 0. The molecule has 1 unspecified atom stereocenters. The number of rotatable bonds is 24. The highest BCUT2D eigenvalue weighted by Gasteiger charge is 2.14. The Morgan fingerprint density at radius 1 is 0.667 bits per heavy atom. The molecular weight excluding hydrogens is 478 g/mol. The maximum atomic E-state index is 12.9. The molecule has 0 aromatic heterocycles. The standard InChI is InChI=1S/C36H57NO2/c1-4-23-32(24-15-10-7-5-6-8-12-21-30-37(2)3)25-16-11-9-13-22-31-39-35-29-20-19-28-34(35)36(38)33-26-17-14-18-27-33/h14,17-20,26-29,32H,4-13,15-16,21-25,30-31H2,1-3H3. The van der Waals surface area contributed by atoms with Crippen LogP contribution in [0.3, 0.4) is 0 Å². The van der Waals surface area contributed by atoms with E-state index < -0.39 is 0 Å². The molecule has 0 aliphatic carbocycles. The third-order valence-corrected chi connectivity index (χ3v) is 7.85. The van der Waals surface area contributed by atoms with Gasteiger partial charge in [-0.1, -0.05) is 146 Å². The minimum Gasteiger partial charge on any atom is -0.493 e. The van der Waals surface area contributed by atoms with Crippen molar-refractivity contribution in [2.24, 2.45) is 5.92 Å². The molecule has 2 aromatic rings. The van der Waals surface area contributed by atoms with Crippen molar-refractivity contribution >= 4 is 5.78 Å². The molecule has 39 heavy (non-hydrogen) atoms. The number of benzene rings is 2. The van der Waals surface area contributed by atoms with E-state index in [1.54, 1.807) is 0 Å². The molecule has 3 nitrogen and oxygen atoms in total. The molecule has 0 aliphatic heterocycles. The number of hydrogen-bond acceptors (Lipinski definition) is 3. The number of unbranched alkanes of at least 4 members (excludes halogenated alkanes) is 11. The Kier molecular flexibility index (Phi) is 18.4. The number of ether oxygens (including phenoxy) is 1. The van der Waals surface area contributed by atoms with E-state index in [2.05, 4.69) is 25.9 Å². The molecule has 0 N–H and O–H groups in total. The van der Waals surface area contributed by atoms with Gasteiger partial charge in [0.05, 0.1) is 12.2 Å². The average molecular weight is 536 g/mol. The zero-order valence-corrected chi connectivity index (χ0v) is 25.5. The largest absolute Gasteiger partial charge is 0.493 e. The van der Waals surface area contributed by atoms with Gasteiger partial charge in [-0.25, -0.2) is 0 Å². The van der Waals surface area contributed by atoms with E-state index in [-0.39, 0.29) is 5.78 Å². The molecule has 218 valence electrons. The summed E-state index contributed by atoms with van der Waals surface area (Å²) in [7, 11) is 4.34. The monoisotopic (exact) mass is 535 g/mol. The Morgan fingerprint density at radius 2 is 1.21 bits per heavy atom. The van der Waals surface area contributed by atoms with Gasteiger partial charge >= 0.3 is 0 Å². The average Bonchev–Trinajstić information content (AvgIpc) is 2.95. The summed E-state index contributed by atoms with van der Waals surface area (Å²) in [6.07, 6.45) is 23.1. The van der Waals surface area contributed by atoms with Crippen molar-refractivity contribution in [1.29, 1.82) is 0 Å².